The molecule has 6 nitrogen and oxygen atoms in total. The Balaban J connectivity index is 1.52. The van der Waals surface area contributed by atoms with E-state index in [0.29, 0.717) is 12.1 Å². The predicted octanol–water partition coefficient (Wildman–Crippen LogP) is 4.71. The lowest BCUT2D eigenvalue weighted by molar-refractivity contribution is 0.0975. The third-order valence-corrected chi connectivity index (χ3v) is 5.43. The summed E-state index contributed by atoms with van der Waals surface area (Å²) >= 11 is 0. The minimum Gasteiger partial charge on any atom is -0.497 e. The van der Waals surface area contributed by atoms with Crippen LogP contribution in [0.3, 0.4) is 0 Å². The van der Waals surface area contributed by atoms with Crippen LogP contribution >= 0.6 is 0 Å². The normalized spacial score (nSPS) is 15.3. The first-order valence-corrected chi connectivity index (χ1v) is 10.1. The van der Waals surface area contributed by atoms with Crippen LogP contribution in [0.25, 0.3) is 0 Å². The molecule has 1 aromatic heterocycles. The van der Waals surface area contributed by atoms with Gasteiger partial charge >= 0.3 is 0 Å². The van der Waals surface area contributed by atoms with Crippen molar-refractivity contribution >= 4 is 17.3 Å². The van der Waals surface area contributed by atoms with E-state index in [-0.39, 0.29) is 12.1 Å². The highest BCUT2D eigenvalue weighted by Crippen LogP contribution is 2.37. The standard InChI is InChI=1S/C25H22N4O2/c1-31-21-13-11-20(12-14-21)29-24(27-23-10-6-5-9-22(23)25(29)30)19-15-26-28(17-19)16-18-7-3-2-4-8-18/h2-15,17,24,27H,16H2,1H3/t24-/m1/s1. The highest BCUT2D eigenvalue weighted by molar-refractivity contribution is 6.12. The number of hydrogen-bond donors (Lipinski definition) is 1. The summed E-state index contributed by atoms with van der Waals surface area (Å²) in [6, 6.07) is 25.3. The Morgan fingerprint density at radius 2 is 1.71 bits per heavy atom. The van der Waals surface area contributed by atoms with Crippen molar-refractivity contribution in [3.63, 3.8) is 0 Å². The quantitative estimate of drug-likeness (QED) is 0.518. The number of benzene rings is 3. The van der Waals surface area contributed by atoms with Crippen molar-refractivity contribution in [1.82, 2.24) is 9.78 Å². The molecule has 4 aromatic rings. The van der Waals surface area contributed by atoms with Crippen molar-refractivity contribution in [2.75, 3.05) is 17.3 Å². The molecule has 0 saturated carbocycles. The molecular formula is C25H22N4O2. The lowest BCUT2D eigenvalue weighted by Gasteiger charge is -2.37. The number of anilines is 2. The summed E-state index contributed by atoms with van der Waals surface area (Å²) in [5, 5.41) is 8.06. The predicted molar refractivity (Wildman–Crippen MR) is 120 cm³/mol. The molecule has 0 saturated heterocycles. The molecule has 0 fully saturated rings. The molecule has 1 N–H and O–H groups in total. The van der Waals surface area contributed by atoms with Gasteiger partial charge in [0.15, 0.2) is 0 Å². The summed E-state index contributed by atoms with van der Waals surface area (Å²) in [7, 11) is 1.63. The molecule has 1 aliphatic heterocycles. The molecule has 6 heteroatoms. The first-order chi connectivity index (χ1) is 15.2. The van der Waals surface area contributed by atoms with Crippen LogP contribution in [0.1, 0.15) is 27.7 Å². The van der Waals surface area contributed by atoms with Crippen LogP contribution in [-0.4, -0.2) is 22.8 Å². The number of ether oxygens (including phenoxy) is 1. The van der Waals surface area contributed by atoms with E-state index in [9.17, 15) is 4.79 Å². The highest BCUT2D eigenvalue weighted by Gasteiger charge is 2.34. The Labute approximate surface area is 180 Å². The van der Waals surface area contributed by atoms with Gasteiger partial charge in [-0.15, -0.1) is 0 Å². The van der Waals surface area contributed by atoms with Crippen molar-refractivity contribution in [1.29, 1.82) is 0 Å². The maximum absolute atomic E-state index is 13.5. The Morgan fingerprint density at radius 1 is 0.968 bits per heavy atom. The number of fused-ring (bicyclic) bond motifs is 1. The van der Waals surface area contributed by atoms with Gasteiger partial charge in [-0.3, -0.25) is 14.4 Å². The number of carbonyl (C=O) groups is 1. The van der Waals surface area contributed by atoms with Crippen LogP contribution in [0.2, 0.25) is 0 Å². The van der Waals surface area contributed by atoms with E-state index in [2.05, 4.69) is 22.5 Å². The van der Waals surface area contributed by atoms with Crippen LogP contribution in [0, 0.1) is 0 Å². The van der Waals surface area contributed by atoms with E-state index in [1.807, 2.05) is 83.8 Å². The SMILES string of the molecule is COc1ccc(N2C(=O)c3ccccc3N[C@H]2c2cnn(Cc3ccccc3)c2)cc1. The fourth-order valence-corrected chi connectivity index (χ4v) is 3.87. The van der Waals surface area contributed by atoms with E-state index in [0.717, 1.165) is 22.7 Å². The number of nitrogens with zero attached hydrogens (tertiary/aromatic N) is 3. The number of amides is 1. The molecule has 1 amide bonds. The number of hydrogen-bond acceptors (Lipinski definition) is 4. The van der Waals surface area contributed by atoms with Crippen LogP contribution in [0.15, 0.2) is 91.3 Å². The Hall–Kier alpha value is -4.06. The summed E-state index contributed by atoms with van der Waals surface area (Å²) in [5.41, 5.74) is 4.33. The van der Waals surface area contributed by atoms with Gasteiger partial charge in [-0.05, 0) is 42.0 Å². The summed E-state index contributed by atoms with van der Waals surface area (Å²) in [6.45, 7) is 0.667. The van der Waals surface area contributed by atoms with Crippen LogP contribution in [0.5, 0.6) is 5.75 Å². The molecule has 5 rings (SSSR count). The van der Waals surface area contributed by atoms with Crippen LogP contribution in [0.4, 0.5) is 11.4 Å². The second-order valence-corrected chi connectivity index (χ2v) is 7.42. The number of para-hydroxylation sites is 1. The molecule has 0 aliphatic carbocycles. The number of aromatic nitrogens is 2. The van der Waals surface area contributed by atoms with Gasteiger partial charge in [-0.1, -0.05) is 42.5 Å². The van der Waals surface area contributed by atoms with E-state index < -0.39 is 0 Å². The van der Waals surface area contributed by atoms with Gasteiger partial charge in [-0.2, -0.15) is 5.10 Å². The average Bonchev–Trinajstić information content (AvgIpc) is 3.28. The van der Waals surface area contributed by atoms with E-state index in [1.165, 1.54) is 5.56 Å². The molecule has 3 aromatic carbocycles. The highest BCUT2D eigenvalue weighted by atomic mass is 16.5. The fourth-order valence-electron chi connectivity index (χ4n) is 3.87. The lowest BCUT2D eigenvalue weighted by atomic mass is 10.0. The number of rotatable bonds is 5. The van der Waals surface area contributed by atoms with Gasteiger partial charge in [-0.25, -0.2) is 0 Å². The largest absolute Gasteiger partial charge is 0.497 e. The lowest BCUT2D eigenvalue weighted by Crippen LogP contribution is -2.43. The van der Waals surface area contributed by atoms with Crippen molar-refractivity contribution in [2.24, 2.45) is 0 Å². The third kappa shape index (κ3) is 3.64. The maximum Gasteiger partial charge on any atom is 0.262 e. The van der Waals surface area contributed by atoms with Gasteiger partial charge < -0.3 is 10.1 Å². The smallest absolute Gasteiger partial charge is 0.262 e. The summed E-state index contributed by atoms with van der Waals surface area (Å²) in [6.07, 6.45) is 3.43. The first kappa shape index (κ1) is 18.9. The van der Waals surface area contributed by atoms with Crippen molar-refractivity contribution < 1.29 is 9.53 Å². The monoisotopic (exact) mass is 410 g/mol. The zero-order valence-corrected chi connectivity index (χ0v) is 17.1. The molecule has 1 atom stereocenters. The minimum absolute atomic E-state index is 0.0553. The van der Waals surface area contributed by atoms with E-state index in [4.69, 9.17) is 4.74 Å². The Bertz CT molecular complexity index is 1200. The second-order valence-electron chi connectivity index (χ2n) is 7.42. The molecule has 31 heavy (non-hydrogen) atoms. The number of nitrogens with one attached hydrogen (secondary N) is 1. The van der Waals surface area contributed by atoms with Crippen molar-refractivity contribution in [2.45, 2.75) is 12.7 Å². The Morgan fingerprint density at radius 3 is 2.48 bits per heavy atom. The van der Waals surface area contributed by atoms with Gasteiger partial charge in [0.1, 0.15) is 11.9 Å². The van der Waals surface area contributed by atoms with Crippen LogP contribution < -0.4 is 15.0 Å². The first-order valence-electron chi connectivity index (χ1n) is 10.1. The molecule has 0 spiro atoms. The third-order valence-electron chi connectivity index (χ3n) is 5.43. The molecule has 0 radical (unpaired) electrons. The zero-order chi connectivity index (χ0) is 21.2. The minimum atomic E-state index is -0.375. The molecule has 0 bridgehead atoms. The van der Waals surface area contributed by atoms with Gasteiger partial charge in [0.2, 0.25) is 0 Å². The van der Waals surface area contributed by atoms with Crippen LogP contribution in [-0.2, 0) is 6.54 Å². The fraction of sp³-hybridized carbons (Fsp3) is 0.120. The van der Waals surface area contributed by atoms with E-state index in [1.54, 1.807) is 12.0 Å². The Kier molecular flexibility index (Phi) is 4.88. The molecule has 0 unspecified atom stereocenters. The van der Waals surface area contributed by atoms with Crippen molar-refractivity contribution in [3.05, 3.63) is 108 Å². The summed E-state index contributed by atoms with van der Waals surface area (Å²) < 4.78 is 7.17. The number of carbonyl (C=O) groups excluding carboxylic acids is 1. The van der Waals surface area contributed by atoms with Crippen molar-refractivity contribution in [3.8, 4) is 5.75 Å². The molecule has 2 heterocycles. The topological polar surface area (TPSA) is 59.4 Å². The second kappa shape index (κ2) is 7.99. The average molecular weight is 410 g/mol. The van der Waals surface area contributed by atoms with Gasteiger partial charge in [0.25, 0.3) is 5.91 Å². The van der Waals surface area contributed by atoms with Gasteiger partial charge in [0, 0.05) is 23.1 Å². The summed E-state index contributed by atoms with van der Waals surface area (Å²) in [5.74, 6) is 0.689. The molecule has 1 aliphatic rings. The molecular weight excluding hydrogens is 388 g/mol. The summed E-state index contributed by atoms with van der Waals surface area (Å²) in [4.78, 5) is 15.3. The van der Waals surface area contributed by atoms with Gasteiger partial charge in [0.05, 0.1) is 25.4 Å². The van der Waals surface area contributed by atoms with E-state index >= 15 is 0 Å². The number of methoxy groups -OCH3 is 1. The maximum atomic E-state index is 13.5. The molecule has 154 valence electrons. The zero-order valence-electron chi connectivity index (χ0n) is 17.1.